The first-order valence-electron chi connectivity index (χ1n) is 11.2. The van der Waals surface area contributed by atoms with Crippen LogP contribution in [0.5, 0.6) is 11.5 Å². The van der Waals surface area contributed by atoms with Crippen molar-refractivity contribution in [1.82, 2.24) is 10.6 Å². The predicted molar refractivity (Wildman–Crippen MR) is 125 cm³/mol. The highest BCUT2D eigenvalue weighted by Gasteiger charge is 2.31. The number of phenols is 1. The monoisotopic (exact) mass is 475 g/mol. The van der Waals surface area contributed by atoms with Gasteiger partial charge in [0.15, 0.2) is 0 Å². The van der Waals surface area contributed by atoms with Gasteiger partial charge >= 0.3 is 5.97 Å². The van der Waals surface area contributed by atoms with E-state index in [0.717, 1.165) is 29.7 Å². The summed E-state index contributed by atoms with van der Waals surface area (Å²) in [5.41, 5.74) is 1.25. The Bertz CT molecular complexity index is 1020. The summed E-state index contributed by atoms with van der Waals surface area (Å²) in [4.78, 5) is 25.6. The number of benzene rings is 1. The van der Waals surface area contributed by atoms with Gasteiger partial charge in [-0.2, -0.15) is 0 Å². The second-order valence-electron chi connectivity index (χ2n) is 8.03. The molecule has 4 rings (SSSR count). The maximum absolute atomic E-state index is 12.7. The van der Waals surface area contributed by atoms with Crippen molar-refractivity contribution in [2.75, 3.05) is 31.6 Å². The summed E-state index contributed by atoms with van der Waals surface area (Å²) < 4.78 is 11.1. The van der Waals surface area contributed by atoms with Crippen molar-refractivity contribution < 1.29 is 29.3 Å². The fraction of sp³-hybridized carbons (Fsp3) is 0.478. The molecule has 1 amide bonds. The summed E-state index contributed by atoms with van der Waals surface area (Å²) in [6.07, 6.45) is 3.31. The lowest BCUT2D eigenvalue weighted by Crippen LogP contribution is -2.38. The van der Waals surface area contributed by atoms with E-state index in [1.165, 1.54) is 23.5 Å². The second-order valence-corrected chi connectivity index (χ2v) is 9.08. The number of anilines is 1. The number of carboxylic acid groups (broad SMARTS) is 1. The number of amides is 1. The topological polar surface area (TPSA) is 129 Å². The third kappa shape index (κ3) is 5.23. The Morgan fingerprint density at radius 2 is 2.18 bits per heavy atom. The van der Waals surface area contributed by atoms with Gasteiger partial charge < -0.3 is 35.6 Å². The lowest BCUT2D eigenvalue weighted by atomic mass is 9.99. The van der Waals surface area contributed by atoms with Crippen LogP contribution in [0.15, 0.2) is 18.2 Å². The van der Waals surface area contributed by atoms with Crippen LogP contribution in [0.4, 0.5) is 5.00 Å². The van der Waals surface area contributed by atoms with Gasteiger partial charge in [-0.05, 0) is 56.8 Å². The first-order chi connectivity index (χ1) is 16.0. The molecule has 2 aliphatic heterocycles. The number of aromatic hydroxyl groups is 1. The van der Waals surface area contributed by atoms with Gasteiger partial charge in [0.05, 0.1) is 23.8 Å². The molecular weight excluding hydrogens is 446 g/mol. The van der Waals surface area contributed by atoms with Crippen molar-refractivity contribution in [3.8, 4) is 11.5 Å². The van der Waals surface area contributed by atoms with Gasteiger partial charge in [-0.3, -0.25) is 4.79 Å². The molecule has 2 unspecified atom stereocenters. The Kier molecular flexibility index (Phi) is 7.36. The number of nitrogens with one attached hydrogen (secondary N) is 3. The first-order valence-corrected chi connectivity index (χ1v) is 12.0. The van der Waals surface area contributed by atoms with Gasteiger partial charge in [-0.1, -0.05) is 0 Å². The van der Waals surface area contributed by atoms with Gasteiger partial charge in [0.25, 0.3) is 5.91 Å². The molecule has 2 aliphatic rings. The third-order valence-corrected chi connectivity index (χ3v) is 7.07. The number of thiophene rings is 1. The van der Waals surface area contributed by atoms with E-state index in [1.807, 2.05) is 6.92 Å². The number of ether oxygens (including phenoxy) is 2. The van der Waals surface area contributed by atoms with Crippen molar-refractivity contribution >= 4 is 28.2 Å². The number of phenolic OH excluding ortho intramolecular Hbond substituents is 1. The van der Waals surface area contributed by atoms with Crippen molar-refractivity contribution in [3.63, 3.8) is 0 Å². The Hall–Kier alpha value is -2.82. The Balaban J connectivity index is 1.49. The molecule has 1 aromatic heterocycles. The fourth-order valence-electron chi connectivity index (χ4n) is 4.22. The lowest BCUT2D eigenvalue weighted by Gasteiger charge is -2.24. The average Bonchev–Trinajstić information content (AvgIpc) is 3.17. The highest BCUT2D eigenvalue weighted by Crippen LogP contribution is 2.40. The van der Waals surface area contributed by atoms with Crippen LogP contribution in [0.1, 0.15) is 63.4 Å². The summed E-state index contributed by atoms with van der Waals surface area (Å²) in [6.45, 7) is 3.84. The zero-order valence-corrected chi connectivity index (χ0v) is 19.3. The van der Waals surface area contributed by atoms with E-state index >= 15 is 0 Å². The van der Waals surface area contributed by atoms with Crippen LogP contribution in [0.2, 0.25) is 0 Å². The molecule has 178 valence electrons. The molecule has 0 aliphatic carbocycles. The van der Waals surface area contributed by atoms with Gasteiger partial charge in [0.2, 0.25) is 0 Å². The quantitative estimate of drug-likeness (QED) is 0.394. The average molecular weight is 476 g/mol. The third-order valence-electron chi connectivity index (χ3n) is 5.80. The number of fused-ring (bicyclic) bond motifs is 1. The van der Waals surface area contributed by atoms with Gasteiger partial charge in [-0.15, -0.1) is 11.3 Å². The molecule has 0 radical (unpaired) electrons. The normalized spacial score (nSPS) is 20.0. The Labute approximate surface area is 196 Å². The molecular formula is C23H29N3O6S. The van der Waals surface area contributed by atoms with E-state index in [-0.39, 0.29) is 30.1 Å². The van der Waals surface area contributed by atoms with Crippen LogP contribution in [-0.2, 0) is 11.2 Å². The van der Waals surface area contributed by atoms with E-state index < -0.39 is 11.9 Å². The molecule has 2 atom stereocenters. The first kappa shape index (κ1) is 23.3. The Morgan fingerprint density at radius 3 is 2.88 bits per heavy atom. The molecule has 2 aromatic rings. The van der Waals surface area contributed by atoms with E-state index in [4.69, 9.17) is 9.47 Å². The summed E-state index contributed by atoms with van der Waals surface area (Å²) in [6, 6.07) is 4.35. The maximum Gasteiger partial charge on any atom is 0.338 e. The molecule has 10 heteroatoms. The molecule has 1 fully saturated rings. The zero-order chi connectivity index (χ0) is 23.4. The molecule has 0 bridgehead atoms. The molecule has 3 heterocycles. The fourth-order valence-corrected chi connectivity index (χ4v) is 5.58. The van der Waals surface area contributed by atoms with Crippen molar-refractivity contribution in [2.45, 2.75) is 44.9 Å². The van der Waals surface area contributed by atoms with Crippen molar-refractivity contribution in [1.29, 1.82) is 0 Å². The van der Waals surface area contributed by atoms with Gasteiger partial charge in [-0.25, -0.2) is 4.79 Å². The molecule has 0 spiro atoms. The number of carbonyl (C=O) groups excluding carboxylic acids is 1. The van der Waals surface area contributed by atoms with Crippen LogP contribution in [0.25, 0.3) is 0 Å². The van der Waals surface area contributed by atoms with Gasteiger partial charge in [0.1, 0.15) is 22.7 Å². The van der Waals surface area contributed by atoms with Crippen LogP contribution in [0, 0.1) is 0 Å². The highest BCUT2D eigenvalue weighted by atomic mass is 32.1. The second kappa shape index (κ2) is 10.4. The maximum atomic E-state index is 12.7. The lowest BCUT2D eigenvalue weighted by molar-refractivity contribution is 0.0344. The van der Waals surface area contributed by atoms with Gasteiger partial charge in [0, 0.05) is 24.1 Å². The number of rotatable bonds is 8. The summed E-state index contributed by atoms with van der Waals surface area (Å²) in [7, 11) is 0. The van der Waals surface area contributed by atoms with Crippen LogP contribution < -0.4 is 20.7 Å². The van der Waals surface area contributed by atoms with E-state index in [9.17, 15) is 19.8 Å². The van der Waals surface area contributed by atoms with E-state index in [2.05, 4.69) is 16.0 Å². The molecule has 9 nitrogen and oxygen atoms in total. The number of hydrogen-bond donors (Lipinski definition) is 5. The SMILES string of the molecule is CCOc1ccc(C(=O)NCC2NCCc3c2sc(NC2CCCCO2)c3C(=O)O)c(O)c1. The minimum Gasteiger partial charge on any atom is -0.507 e. The summed E-state index contributed by atoms with van der Waals surface area (Å²) in [5.74, 6) is -1.03. The van der Waals surface area contributed by atoms with Crippen LogP contribution in [-0.4, -0.2) is 54.6 Å². The minimum absolute atomic E-state index is 0.154. The summed E-state index contributed by atoms with van der Waals surface area (Å²) >= 11 is 1.40. The van der Waals surface area contributed by atoms with Crippen LogP contribution >= 0.6 is 11.3 Å². The molecule has 0 saturated carbocycles. The molecule has 1 saturated heterocycles. The minimum atomic E-state index is -0.963. The van der Waals surface area contributed by atoms with Crippen molar-refractivity contribution in [3.05, 3.63) is 39.8 Å². The largest absolute Gasteiger partial charge is 0.507 e. The van der Waals surface area contributed by atoms with E-state index in [0.29, 0.717) is 42.5 Å². The van der Waals surface area contributed by atoms with Crippen LogP contribution in [0.3, 0.4) is 0 Å². The summed E-state index contributed by atoms with van der Waals surface area (Å²) in [5, 5.41) is 30.2. The highest BCUT2D eigenvalue weighted by molar-refractivity contribution is 7.16. The van der Waals surface area contributed by atoms with Crippen molar-refractivity contribution in [2.24, 2.45) is 0 Å². The number of carboxylic acids is 1. The molecule has 5 N–H and O–H groups in total. The smallest absolute Gasteiger partial charge is 0.338 e. The number of carbonyl (C=O) groups is 2. The Morgan fingerprint density at radius 1 is 1.33 bits per heavy atom. The predicted octanol–water partition coefficient (Wildman–Crippen LogP) is 3.11. The molecule has 1 aromatic carbocycles. The van der Waals surface area contributed by atoms with E-state index in [1.54, 1.807) is 6.07 Å². The standard InChI is InChI=1S/C23H29N3O6S/c1-2-31-13-6-7-14(17(27)11-13)21(28)25-12-16-20-15(8-9-24-16)19(23(29)30)22(33-20)26-18-5-3-4-10-32-18/h6-7,11,16,18,24,26-27H,2-5,8-10,12H2,1H3,(H,25,28)(H,29,30). The zero-order valence-electron chi connectivity index (χ0n) is 18.5. The number of hydrogen-bond acceptors (Lipinski definition) is 8. The molecule has 33 heavy (non-hydrogen) atoms. The number of aromatic carboxylic acids is 1.